The number of aliphatic carboxylic acids is 3. The number of imide groups is 1. The van der Waals surface area contributed by atoms with Crippen molar-refractivity contribution in [2.75, 3.05) is 24.5 Å². The monoisotopic (exact) mass is 567 g/mol. The van der Waals surface area contributed by atoms with Gasteiger partial charge in [0.2, 0.25) is 5.91 Å². The third-order valence-corrected chi connectivity index (χ3v) is 7.29. The van der Waals surface area contributed by atoms with Gasteiger partial charge >= 0.3 is 17.9 Å². The van der Waals surface area contributed by atoms with Crippen LogP contribution in [0.3, 0.4) is 0 Å². The summed E-state index contributed by atoms with van der Waals surface area (Å²) < 4.78 is 0. The normalized spacial score (nSPS) is 16.3. The average molecular weight is 568 g/mol. The number of piperidine rings is 1. The lowest BCUT2D eigenvalue weighted by atomic mass is 9.92. The lowest BCUT2D eigenvalue weighted by molar-refractivity contribution is -0.150. The van der Waals surface area contributed by atoms with Crippen molar-refractivity contribution in [3.8, 4) is 0 Å². The standard InChI is InChI=1S/C28H29N3O10/c32-21(11-15(28(40)41)12-23(34)35)19(13-24(36)37)29-22(33)14-31-26(38)17-6-4-5-16-20(30-9-2-1-3-10-30)8-7-18(25(16)17)27(31)39/h4-8,15,19H,1-3,9-14H2,(H,29,33)(H,34,35)(H,36,37)(H,40,41)/t15-,19-/m0/s1. The van der Waals surface area contributed by atoms with Crippen molar-refractivity contribution in [1.29, 1.82) is 0 Å². The van der Waals surface area contributed by atoms with Crippen LogP contribution in [-0.2, 0) is 24.0 Å². The number of carbonyl (C=O) groups excluding carboxylic acids is 4. The number of benzene rings is 2. The third kappa shape index (κ3) is 6.34. The Morgan fingerprint density at radius 1 is 0.805 bits per heavy atom. The molecule has 216 valence electrons. The fourth-order valence-electron chi connectivity index (χ4n) is 5.33. The lowest BCUT2D eigenvalue weighted by Gasteiger charge is -2.32. The topological polar surface area (TPSA) is 199 Å². The molecular formula is C28H29N3O10. The van der Waals surface area contributed by atoms with E-state index < -0.39 is 79.2 Å². The lowest BCUT2D eigenvalue weighted by Crippen LogP contribution is -2.50. The number of Topliss-reactive ketones (excluding diaryl/α,β-unsaturated/α-hetero) is 1. The summed E-state index contributed by atoms with van der Waals surface area (Å²) in [6.07, 6.45) is 0.573. The Bertz CT molecular complexity index is 1420. The Kier molecular flexibility index (Phi) is 8.65. The quantitative estimate of drug-likeness (QED) is 0.271. The van der Waals surface area contributed by atoms with Crippen molar-refractivity contribution in [1.82, 2.24) is 10.2 Å². The highest BCUT2D eigenvalue weighted by Gasteiger charge is 2.36. The van der Waals surface area contributed by atoms with Gasteiger partial charge < -0.3 is 25.5 Å². The van der Waals surface area contributed by atoms with Crippen molar-refractivity contribution in [2.24, 2.45) is 5.92 Å². The van der Waals surface area contributed by atoms with Crippen LogP contribution < -0.4 is 10.2 Å². The van der Waals surface area contributed by atoms with Gasteiger partial charge in [-0.05, 0) is 37.5 Å². The van der Waals surface area contributed by atoms with Gasteiger partial charge in [0, 0.05) is 47.1 Å². The van der Waals surface area contributed by atoms with E-state index in [4.69, 9.17) is 5.11 Å². The first-order chi connectivity index (χ1) is 19.5. The maximum absolute atomic E-state index is 13.4. The van der Waals surface area contributed by atoms with Crippen LogP contribution in [0, 0.1) is 5.92 Å². The van der Waals surface area contributed by atoms with Gasteiger partial charge in [-0.3, -0.25) is 38.5 Å². The zero-order valence-electron chi connectivity index (χ0n) is 22.0. The van der Waals surface area contributed by atoms with Gasteiger partial charge in [0.05, 0.1) is 24.8 Å². The molecule has 0 aliphatic carbocycles. The second kappa shape index (κ2) is 12.1. The molecule has 1 fully saturated rings. The summed E-state index contributed by atoms with van der Waals surface area (Å²) in [6, 6.07) is 6.81. The highest BCUT2D eigenvalue weighted by molar-refractivity contribution is 6.27. The molecule has 2 aromatic rings. The molecule has 2 atom stereocenters. The minimum Gasteiger partial charge on any atom is -0.481 e. The molecule has 0 bridgehead atoms. The van der Waals surface area contributed by atoms with E-state index in [0.717, 1.165) is 43.4 Å². The van der Waals surface area contributed by atoms with Gasteiger partial charge in [-0.2, -0.15) is 0 Å². The largest absolute Gasteiger partial charge is 0.481 e. The maximum Gasteiger partial charge on any atom is 0.307 e. The van der Waals surface area contributed by atoms with Crippen LogP contribution in [0.1, 0.15) is 59.2 Å². The Morgan fingerprint density at radius 3 is 2.05 bits per heavy atom. The van der Waals surface area contributed by atoms with Crippen molar-refractivity contribution in [3.05, 3.63) is 41.5 Å². The number of hydrogen-bond donors (Lipinski definition) is 4. The Labute approximate surface area is 233 Å². The summed E-state index contributed by atoms with van der Waals surface area (Å²) in [6.45, 7) is 0.890. The molecule has 2 aliphatic heterocycles. The second-order valence-corrected chi connectivity index (χ2v) is 10.1. The summed E-state index contributed by atoms with van der Waals surface area (Å²) >= 11 is 0. The van der Waals surface area contributed by atoms with Crippen LogP contribution >= 0.6 is 0 Å². The number of carboxylic acid groups (broad SMARTS) is 3. The van der Waals surface area contributed by atoms with E-state index in [0.29, 0.717) is 10.3 Å². The van der Waals surface area contributed by atoms with Gasteiger partial charge in [0.25, 0.3) is 11.8 Å². The van der Waals surface area contributed by atoms with Crippen LogP contribution in [0.25, 0.3) is 10.8 Å². The molecule has 2 aliphatic rings. The Balaban J connectivity index is 1.54. The van der Waals surface area contributed by atoms with Gasteiger partial charge in [-0.15, -0.1) is 0 Å². The van der Waals surface area contributed by atoms with Gasteiger partial charge in [0.1, 0.15) is 6.54 Å². The molecule has 0 radical (unpaired) electrons. The fourth-order valence-corrected chi connectivity index (χ4v) is 5.33. The van der Waals surface area contributed by atoms with Crippen LogP contribution in [0.5, 0.6) is 0 Å². The molecule has 2 heterocycles. The first kappa shape index (κ1) is 29.2. The van der Waals surface area contributed by atoms with Crippen LogP contribution in [0.15, 0.2) is 30.3 Å². The van der Waals surface area contributed by atoms with Crippen molar-refractivity contribution >= 4 is 57.9 Å². The van der Waals surface area contributed by atoms with E-state index in [1.165, 1.54) is 0 Å². The van der Waals surface area contributed by atoms with Crippen LogP contribution in [-0.4, -0.2) is 87.3 Å². The molecule has 0 unspecified atom stereocenters. The fraction of sp³-hybridized carbons (Fsp3) is 0.393. The number of carboxylic acids is 3. The van der Waals surface area contributed by atoms with E-state index in [2.05, 4.69) is 10.2 Å². The number of hydrogen-bond acceptors (Lipinski definition) is 8. The van der Waals surface area contributed by atoms with E-state index in [1.54, 1.807) is 18.2 Å². The number of carbonyl (C=O) groups is 7. The zero-order valence-corrected chi connectivity index (χ0v) is 22.0. The molecule has 2 aromatic carbocycles. The number of amides is 3. The van der Waals surface area contributed by atoms with E-state index in [1.807, 2.05) is 12.1 Å². The number of rotatable bonds is 12. The molecule has 4 N–H and O–H groups in total. The second-order valence-electron chi connectivity index (χ2n) is 10.1. The van der Waals surface area contributed by atoms with E-state index >= 15 is 0 Å². The average Bonchev–Trinajstić information content (AvgIpc) is 2.92. The molecule has 0 aromatic heterocycles. The predicted octanol–water partition coefficient (Wildman–Crippen LogP) is 1.52. The Hall–Kier alpha value is -4.81. The molecule has 0 saturated carbocycles. The number of nitrogens with zero attached hydrogens (tertiary/aromatic N) is 2. The smallest absolute Gasteiger partial charge is 0.307 e. The molecule has 41 heavy (non-hydrogen) atoms. The number of nitrogens with one attached hydrogen (secondary N) is 1. The molecule has 1 saturated heterocycles. The van der Waals surface area contributed by atoms with Crippen molar-refractivity contribution < 1.29 is 48.9 Å². The summed E-state index contributed by atoms with van der Waals surface area (Å²) in [5, 5.41) is 30.7. The summed E-state index contributed by atoms with van der Waals surface area (Å²) in [5.41, 5.74) is 1.36. The van der Waals surface area contributed by atoms with Gasteiger partial charge in [-0.25, -0.2) is 0 Å². The van der Waals surface area contributed by atoms with Crippen molar-refractivity contribution in [2.45, 2.75) is 44.6 Å². The summed E-state index contributed by atoms with van der Waals surface area (Å²) in [4.78, 5) is 88.9. The highest BCUT2D eigenvalue weighted by atomic mass is 16.4. The van der Waals surface area contributed by atoms with Crippen molar-refractivity contribution in [3.63, 3.8) is 0 Å². The predicted molar refractivity (Wildman–Crippen MR) is 143 cm³/mol. The summed E-state index contributed by atoms with van der Waals surface area (Å²) in [5.74, 6) is -9.64. The molecular weight excluding hydrogens is 538 g/mol. The first-order valence-corrected chi connectivity index (χ1v) is 13.1. The Morgan fingerprint density at radius 2 is 1.44 bits per heavy atom. The zero-order chi connectivity index (χ0) is 29.8. The maximum atomic E-state index is 13.4. The molecule has 4 rings (SSSR count). The minimum absolute atomic E-state index is 0.222. The number of anilines is 1. The highest BCUT2D eigenvalue weighted by Crippen LogP contribution is 2.36. The van der Waals surface area contributed by atoms with Crippen LogP contribution in [0.2, 0.25) is 0 Å². The molecule has 0 spiro atoms. The molecule has 13 nitrogen and oxygen atoms in total. The SMILES string of the molecule is O=C(O)C[C@H](CC(=O)[C@H](CC(=O)O)NC(=O)CN1C(=O)c2cccc3c(N4CCCCC4)ccc(c23)C1=O)C(=O)O. The van der Waals surface area contributed by atoms with Gasteiger partial charge in [0.15, 0.2) is 5.78 Å². The van der Waals surface area contributed by atoms with Crippen LogP contribution in [0.4, 0.5) is 5.69 Å². The molecule has 3 amide bonds. The van der Waals surface area contributed by atoms with Gasteiger partial charge in [-0.1, -0.05) is 12.1 Å². The number of ketones is 1. The van der Waals surface area contributed by atoms with E-state index in [9.17, 15) is 43.8 Å². The third-order valence-electron chi connectivity index (χ3n) is 7.29. The summed E-state index contributed by atoms with van der Waals surface area (Å²) in [7, 11) is 0. The van der Waals surface area contributed by atoms with E-state index in [-0.39, 0.29) is 11.1 Å². The molecule has 13 heteroatoms. The minimum atomic E-state index is -1.70. The first-order valence-electron chi connectivity index (χ1n) is 13.1.